The van der Waals surface area contributed by atoms with Gasteiger partial charge in [0.1, 0.15) is 21.8 Å². The van der Waals surface area contributed by atoms with Crippen LogP contribution in [0.5, 0.6) is 0 Å². The van der Waals surface area contributed by atoms with Crippen molar-refractivity contribution < 1.29 is 4.42 Å². The van der Waals surface area contributed by atoms with Crippen molar-refractivity contribution >= 4 is 71.3 Å². The van der Waals surface area contributed by atoms with E-state index < -0.39 is 0 Å². The smallest absolute Gasteiger partial charge is 0.161 e. The molecule has 0 N–H and O–H groups in total. The van der Waals surface area contributed by atoms with Crippen molar-refractivity contribution in [3.63, 3.8) is 0 Å². The van der Waals surface area contributed by atoms with E-state index in [-0.39, 0.29) is 0 Å². The number of para-hydroxylation sites is 1. The summed E-state index contributed by atoms with van der Waals surface area (Å²) in [6.07, 6.45) is 0. The maximum Gasteiger partial charge on any atom is 0.161 e. The highest BCUT2D eigenvalue weighted by Gasteiger charge is 2.26. The SMILES string of the molecule is c1ccc(-c2ccc(N(c3ccc(-c4ccccc4)c(-c4ccc5ccccc5c4)c3)c3c4nc(-c5ccccc5)sc4cc4c3oc3ccccc34)cc2)cc1. The average molecular weight is 747 g/mol. The zero-order valence-electron chi connectivity index (χ0n) is 30.8. The van der Waals surface area contributed by atoms with E-state index in [9.17, 15) is 0 Å². The molecular weight excluding hydrogens is 713 g/mol. The van der Waals surface area contributed by atoms with Crippen LogP contribution in [0.25, 0.3) is 86.9 Å². The zero-order chi connectivity index (χ0) is 37.7. The van der Waals surface area contributed by atoms with Crippen molar-refractivity contribution in [3.05, 3.63) is 206 Å². The van der Waals surface area contributed by atoms with Gasteiger partial charge in [-0.15, -0.1) is 11.3 Å². The van der Waals surface area contributed by atoms with E-state index in [0.29, 0.717) is 0 Å². The van der Waals surface area contributed by atoms with Crippen LogP contribution < -0.4 is 4.90 Å². The van der Waals surface area contributed by atoms with E-state index in [1.807, 2.05) is 6.07 Å². The molecule has 2 heterocycles. The minimum Gasteiger partial charge on any atom is -0.454 e. The Bertz CT molecular complexity index is 3220. The highest BCUT2D eigenvalue weighted by molar-refractivity contribution is 7.21. The molecule has 11 rings (SSSR count). The molecule has 2 aromatic heterocycles. The Hall–Kier alpha value is -7.27. The van der Waals surface area contributed by atoms with E-state index in [4.69, 9.17) is 9.40 Å². The van der Waals surface area contributed by atoms with Gasteiger partial charge in [-0.25, -0.2) is 4.98 Å². The standard InChI is InChI=1S/C53H34N2OS/c1-4-14-35(15-5-1)37-26-28-42(29-27-37)55(43-30-31-44(38-17-6-2-7-18-38)46(33-43)41-25-24-36-16-10-11-21-40(36)32-41)51-50-49(57-53(54-50)39-19-8-3-9-20-39)34-47-45-22-12-13-23-48(45)56-52(47)51/h1-34H. The zero-order valence-corrected chi connectivity index (χ0v) is 31.7. The molecule has 0 radical (unpaired) electrons. The maximum absolute atomic E-state index is 6.90. The molecule has 3 nitrogen and oxygen atoms in total. The number of aromatic nitrogens is 1. The first-order valence-electron chi connectivity index (χ1n) is 19.2. The van der Waals surface area contributed by atoms with E-state index in [0.717, 1.165) is 76.5 Å². The van der Waals surface area contributed by atoms with Gasteiger partial charge in [0, 0.05) is 27.7 Å². The lowest BCUT2D eigenvalue weighted by atomic mass is 9.92. The molecule has 0 aliphatic carbocycles. The monoisotopic (exact) mass is 746 g/mol. The van der Waals surface area contributed by atoms with Crippen LogP contribution in [-0.4, -0.2) is 4.98 Å². The average Bonchev–Trinajstić information content (AvgIpc) is 3.89. The van der Waals surface area contributed by atoms with Crippen molar-refractivity contribution in [2.45, 2.75) is 0 Å². The summed E-state index contributed by atoms with van der Waals surface area (Å²) in [5, 5.41) is 5.55. The molecule has 0 spiro atoms. The summed E-state index contributed by atoms with van der Waals surface area (Å²) >= 11 is 1.72. The van der Waals surface area contributed by atoms with Gasteiger partial charge in [-0.2, -0.15) is 0 Å². The second-order valence-corrected chi connectivity index (χ2v) is 15.4. The van der Waals surface area contributed by atoms with Gasteiger partial charge >= 0.3 is 0 Å². The van der Waals surface area contributed by atoms with Gasteiger partial charge in [-0.1, -0.05) is 164 Å². The van der Waals surface area contributed by atoms with Crippen LogP contribution in [0.2, 0.25) is 0 Å². The van der Waals surface area contributed by atoms with Crippen LogP contribution in [0.3, 0.4) is 0 Å². The van der Waals surface area contributed by atoms with E-state index in [1.165, 1.54) is 27.5 Å². The predicted octanol–water partition coefficient (Wildman–Crippen LogP) is 15.5. The van der Waals surface area contributed by atoms with Gasteiger partial charge in [-0.05, 0) is 86.6 Å². The summed E-state index contributed by atoms with van der Waals surface area (Å²) in [5.41, 5.74) is 13.6. The Morgan fingerprint density at radius 2 is 1.04 bits per heavy atom. The van der Waals surface area contributed by atoms with Crippen molar-refractivity contribution in [2.75, 3.05) is 4.90 Å². The highest BCUT2D eigenvalue weighted by Crippen LogP contribution is 2.50. The highest BCUT2D eigenvalue weighted by atomic mass is 32.1. The van der Waals surface area contributed by atoms with Crippen molar-refractivity contribution in [3.8, 4) is 44.0 Å². The van der Waals surface area contributed by atoms with Crippen molar-refractivity contribution in [1.29, 1.82) is 0 Å². The molecule has 0 aliphatic heterocycles. The fraction of sp³-hybridized carbons (Fsp3) is 0. The molecule has 0 atom stereocenters. The van der Waals surface area contributed by atoms with Gasteiger partial charge in [0.15, 0.2) is 5.58 Å². The fourth-order valence-corrected chi connectivity index (χ4v) is 9.13. The van der Waals surface area contributed by atoms with E-state index in [2.05, 4.69) is 205 Å². The minimum atomic E-state index is 0.806. The number of nitrogens with zero attached hydrogens (tertiary/aromatic N) is 2. The normalized spacial score (nSPS) is 11.5. The molecule has 0 unspecified atom stereocenters. The molecule has 11 aromatic rings. The van der Waals surface area contributed by atoms with Crippen LogP contribution in [0.15, 0.2) is 211 Å². The Morgan fingerprint density at radius 1 is 0.421 bits per heavy atom. The molecule has 9 aromatic carbocycles. The molecule has 4 heteroatoms. The van der Waals surface area contributed by atoms with Crippen molar-refractivity contribution in [2.24, 2.45) is 0 Å². The molecule has 0 aliphatic rings. The number of fused-ring (bicyclic) bond motifs is 5. The van der Waals surface area contributed by atoms with Crippen LogP contribution >= 0.6 is 11.3 Å². The third kappa shape index (κ3) is 5.86. The molecule has 0 saturated carbocycles. The molecular formula is C53H34N2OS. The number of hydrogen-bond acceptors (Lipinski definition) is 4. The largest absolute Gasteiger partial charge is 0.454 e. The van der Waals surface area contributed by atoms with Crippen LogP contribution in [0.1, 0.15) is 0 Å². The predicted molar refractivity (Wildman–Crippen MR) is 241 cm³/mol. The van der Waals surface area contributed by atoms with Crippen LogP contribution in [0, 0.1) is 0 Å². The summed E-state index contributed by atoms with van der Waals surface area (Å²) in [4.78, 5) is 7.79. The lowest BCUT2D eigenvalue weighted by molar-refractivity contribution is 0.669. The second kappa shape index (κ2) is 13.8. The first kappa shape index (κ1) is 33.1. The molecule has 0 fully saturated rings. The Labute approximate surface area is 334 Å². The minimum absolute atomic E-state index is 0.806. The second-order valence-electron chi connectivity index (χ2n) is 14.3. The number of hydrogen-bond donors (Lipinski definition) is 0. The lowest BCUT2D eigenvalue weighted by Crippen LogP contribution is -2.11. The van der Waals surface area contributed by atoms with Gasteiger partial charge in [-0.3, -0.25) is 0 Å². The Kier molecular flexibility index (Phi) is 8.01. The first-order valence-corrected chi connectivity index (χ1v) is 20.0. The van der Waals surface area contributed by atoms with Crippen molar-refractivity contribution in [1.82, 2.24) is 4.98 Å². The molecule has 0 bridgehead atoms. The van der Waals surface area contributed by atoms with Crippen LogP contribution in [0.4, 0.5) is 17.1 Å². The van der Waals surface area contributed by atoms with Gasteiger partial charge in [0.25, 0.3) is 0 Å². The molecule has 0 saturated heterocycles. The number of benzene rings is 9. The van der Waals surface area contributed by atoms with Gasteiger partial charge in [0.2, 0.25) is 0 Å². The number of rotatable bonds is 7. The molecule has 57 heavy (non-hydrogen) atoms. The Balaban J connectivity index is 1.21. The molecule has 0 amide bonds. The third-order valence-electron chi connectivity index (χ3n) is 10.9. The van der Waals surface area contributed by atoms with Gasteiger partial charge in [0.05, 0.1) is 4.70 Å². The van der Waals surface area contributed by atoms with E-state index >= 15 is 0 Å². The molecule has 268 valence electrons. The quantitative estimate of drug-likeness (QED) is 0.163. The van der Waals surface area contributed by atoms with E-state index in [1.54, 1.807) is 11.3 Å². The summed E-state index contributed by atoms with van der Waals surface area (Å²) in [6, 6.07) is 73.4. The summed E-state index contributed by atoms with van der Waals surface area (Å²) in [6.45, 7) is 0. The fourth-order valence-electron chi connectivity index (χ4n) is 8.11. The third-order valence-corrected chi connectivity index (χ3v) is 11.9. The number of anilines is 3. The topological polar surface area (TPSA) is 29.3 Å². The summed E-state index contributed by atoms with van der Waals surface area (Å²) in [5.74, 6) is 0. The van der Waals surface area contributed by atoms with Crippen LogP contribution in [-0.2, 0) is 0 Å². The Morgan fingerprint density at radius 3 is 1.81 bits per heavy atom. The lowest BCUT2D eigenvalue weighted by Gasteiger charge is -2.27. The number of thiazole rings is 1. The number of furan rings is 1. The first-order chi connectivity index (χ1) is 28.2. The summed E-state index contributed by atoms with van der Waals surface area (Å²) < 4.78 is 8.00. The van der Waals surface area contributed by atoms with Gasteiger partial charge < -0.3 is 9.32 Å². The maximum atomic E-state index is 6.90. The summed E-state index contributed by atoms with van der Waals surface area (Å²) in [7, 11) is 0.